The van der Waals surface area contributed by atoms with Gasteiger partial charge < -0.3 is 14.3 Å². The number of nitrogens with one attached hydrogen (secondary N) is 1. The zero-order valence-corrected chi connectivity index (χ0v) is 17.4. The second kappa shape index (κ2) is 9.19. The van der Waals surface area contributed by atoms with Crippen LogP contribution in [0, 0.1) is 12.8 Å². The first-order valence-corrected chi connectivity index (χ1v) is 10.6. The summed E-state index contributed by atoms with van der Waals surface area (Å²) in [6.07, 6.45) is 7.47. The maximum absolute atomic E-state index is 12.3. The van der Waals surface area contributed by atoms with E-state index in [4.69, 9.17) is 8.94 Å². The van der Waals surface area contributed by atoms with Crippen molar-refractivity contribution in [1.82, 2.24) is 25.7 Å². The molecule has 158 valence electrons. The molecule has 1 amide bonds. The largest absolute Gasteiger partial charge is 0.420 e. The molecule has 0 unspecified atom stereocenters. The van der Waals surface area contributed by atoms with Gasteiger partial charge in [-0.15, -0.1) is 10.2 Å². The van der Waals surface area contributed by atoms with Crippen molar-refractivity contribution in [2.75, 3.05) is 6.54 Å². The maximum atomic E-state index is 12.3. The van der Waals surface area contributed by atoms with Gasteiger partial charge in [0, 0.05) is 36.8 Å². The number of rotatable bonds is 7. The van der Waals surface area contributed by atoms with Crippen LogP contribution < -0.4 is 5.32 Å². The molecule has 3 aromatic heterocycles. The van der Waals surface area contributed by atoms with Crippen LogP contribution in [0.1, 0.15) is 72.8 Å². The van der Waals surface area contributed by atoms with Crippen molar-refractivity contribution in [3.63, 3.8) is 0 Å². The van der Waals surface area contributed by atoms with Crippen molar-refractivity contribution >= 4 is 5.91 Å². The lowest BCUT2D eigenvalue weighted by Crippen LogP contribution is -2.31. The van der Waals surface area contributed by atoms with Gasteiger partial charge in [0.05, 0.1) is 5.56 Å². The zero-order chi connectivity index (χ0) is 20.9. The van der Waals surface area contributed by atoms with Gasteiger partial charge in [0.15, 0.2) is 5.69 Å². The predicted octanol–water partition coefficient (Wildman–Crippen LogP) is 4.08. The molecule has 0 aliphatic heterocycles. The van der Waals surface area contributed by atoms with Crippen molar-refractivity contribution in [3.05, 3.63) is 47.4 Å². The number of pyridine rings is 1. The maximum Gasteiger partial charge on any atom is 0.273 e. The Kier molecular flexibility index (Phi) is 6.21. The van der Waals surface area contributed by atoms with E-state index in [1.165, 1.54) is 0 Å². The molecule has 0 atom stereocenters. The van der Waals surface area contributed by atoms with E-state index >= 15 is 0 Å². The fraction of sp³-hybridized carbons (Fsp3) is 0.500. The summed E-state index contributed by atoms with van der Waals surface area (Å²) in [4.78, 5) is 16.6. The second-order valence-corrected chi connectivity index (χ2v) is 7.99. The fourth-order valence-electron chi connectivity index (χ4n) is 3.84. The molecule has 1 N–H and O–H groups in total. The Morgan fingerprint density at radius 3 is 2.77 bits per heavy atom. The molecule has 1 saturated carbocycles. The van der Waals surface area contributed by atoms with Crippen LogP contribution in [0.2, 0.25) is 0 Å². The quantitative estimate of drug-likeness (QED) is 0.626. The minimum atomic E-state index is -0.170. The highest BCUT2D eigenvalue weighted by atomic mass is 16.5. The van der Waals surface area contributed by atoms with E-state index in [2.05, 4.69) is 32.6 Å². The van der Waals surface area contributed by atoms with Crippen molar-refractivity contribution in [2.45, 2.75) is 58.3 Å². The first-order chi connectivity index (χ1) is 14.6. The molecule has 0 saturated heterocycles. The summed E-state index contributed by atoms with van der Waals surface area (Å²) in [5.41, 5.74) is 2.15. The van der Waals surface area contributed by atoms with E-state index in [1.807, 2.05) is 19.1 Å². The Morgan fingerprint density at radius 2 is 2.03 bits per heavy atom. The Balaban J connectivity index is 1.26. The number of amides is 1. The smallest absolute Gasteiger partial charge is 0.273 e. The van der Waals surface area contributed by atoms with Crippen LogP contribution in [-0.4, -0.2) is 32.8 Å². The summed E-state index contributed by atoms with van der Waals surface area (Å²) in [6, 6.07) is 5.61. The minimum Gasteiger partial charge on any atom is -0.420 e. The second-order valence-electron chi connectivity index (χ2n) is 7.99. The number of hydrogen-bond acceptors (Lipinski definition) is 7. The van der Waals surface area contributed by atoms with Crippen molar-refractivity contribution in [2.24, 2.45) is 5.92 Å². The topological polar surface area (TPSA) is 107 Å². The van der Waals surface area contributed by atoms with Crippen LogP contribution in [0.25, 0.3) is 11.5 Å². The van der Waals surface area contributed by atoms with Crippen molar-refractivity contribution < 1.29 is 13.7 Å². The van der Waals surface area contributed by atoms with Crippen LogP contribution in [0.4, 0.5) is 0 Å². The third-order valence-electron chi connectivity index (χ3n) is 5.63. The molecule has 4 rings (SSSR count). The summed E-state index contributed by atoms with van der Waals surface area (Å²) >= 11 is 0. The Hall–Kier alpha value is -3.03. The first kappa shape index (κ1) is 20.3. The summed E-state index contributed by atoms with van der Waals surface area (Å²) in [5, 5.41) is 15.3. The van der Waals surface area contributed by atoms with Gasteiger partial charge in [-0.1, -0.05) is 12.1 Å². The number of carbonyl (C=O) groups is 1. The van der Waals surface area contributed by atoms with Gasteiger partial charge in [-0.2, -0.15) is 0 Å². The average Bonchev–Trinajstić information content (AvgIpc) is 3.43. The normalized spacial score (nSPS) is 19.0. The van der Waals surface area contributed by atoms with E-state index in [-0.39, 0.29) is 11.8 Å². The van der Waals surface area contributed by atoms with Crippen molar-refractivity contribution in [3.8, 4) is 11.5 Å². The lowest BCUT2D eigenvalue weighted by Gasteiger charge is -2.26. The van der Waals surface area contributed by atoms with Crippen LogP contribution in [0.5, 0.6) is 0 Å². The standard InChI is InChI=1S/C22H27N5O3/c1-3-4-18-11-19(27-30-18)20(28)24-12-15-6-9-16(10-7-15)21-25-26-22(29-21)17-8-5-14(2)23-13-17/h5,8,11,13,15-16H,3-4,6-7,9-10,12H2,1-2H3,(H,24,28). The molecule has 1 aliphatic rings. The Bertz CT molecular complexity index is 971. The summed E-state index contributed by atoms with van der Waals surface area (Å²) in [7, 11) is 0. The van der Waals surface area contributed by atoms with Gasteiger partial charge in [0.1, 0.15) is 5.76 Å². The van der Waals surface area contributed by atoms with Gasteiger partial charge in [-0.25, -0.2) is 0 Å². The molecule has 0 radical (unpaired) electrons. The summed E-state index contributed by atoms with van der Waals surface area (Å²) < 4.78 is 11.1. The molecule has 1 fully saturated rings. The van der Waals surface area contributed by atoms with Crippen molar-refractivity contribution in [1.29, 1.82) is 0 Å². The number of carbonyl (C=O) groups excluding carboxylic acids is 1. The van der Waals surface area contributed by atoms with Crippen LogP contribution in [0.15, 0.2) is 33.3 Å². The van der Waals surface area contributed by atoms with E-state index in [1.54, 1.807) is 12.3 Å². The third kappa shape index (κ3) is 4.75. The average molecular weight is 409 g/mol. The fourth-order valence-corrected chi connectivity index (χ4v) is 3.84. The molecule has 1 aliphatic carbocycles. The molecule has 3 aromatic rings. The number of nitrogens with zero attached hydrogens (tertiary/aromatic N) is 4. The van der Waals surface area contributed by atoms with Gasteiger partial charge in [-0.3, -0.25) is 9.78 Å². The molecule has 30 heavy (non-hydrogen) atoms. The van der Waals surface area contributed by atoms with E-state index < -0.39 is 0 Å². The number of aryl methyl sites for hydroxylation is 2. The minimum absolute atomic E-state index is 0.170. The highest BCUT2D eigenvalue weighted by Crippen LogP contribution is 2.35. The van der Waals surface area contributed by atoms with E-state index in [9.17, 15) is 4.79 Å². The third-order valence-corrected chi connectivity index (χ3v) is 5.63. The molecule has 0 bridgehead atoms. The zero-order valence-electron chi connectivity index (χ0n) is 17.4. The van der Waals surface area contributed by atoms with Gasteiger partial charge >= 0.3 is 0 Å². The molecule has 0 spiro atoms. The van der Waals surface area contributed by atoms with Crippen LogP contribution in [-0.2, 0) is 6.42 Å². The lowest BCUT2D eigenvalue weighted by molar-refractivity contribution is 0.0933. The summed E-state index contributed by atoms with van der Waals surface area (Å²) in [5.74, 6) is 2.50. The van der Waals surface area contributed by atoms with Gasteiger partial charge in [-0.05, 0) is 57.1 Å². The molecular formula is C22H27N5O3. The SMILES string of the molecule is CCCc1cc(C(=O)NCC2CCC(c3nnc(-c4ccc(C)nc4)o3)CC2)no1. The Morgan fingerprint density at radius 1 is 1.20 bits per heavy atom. The van der Waals surface area contributed by atoms with Crippen LogP contribution >= 0.6 is 0 Å². The molecular weight excluding hydrogens is 382 g/mol. The molecule has 0 aromatic carbocycles. The first-order valence-electron chi connectivity index (χ1n) is 10.6. The number of hydrogen-bond donors (Lipinski definition) is 1. The predicted molar refractivity (Wildman–Crippen MR) is 110 cm³/mol. The monoisotopic (exact) mass is 409 g/mol. The number of aromatic nitrogens is 4. The van der Waals surface area contributed by atoms with E-state index in [0.717, 1.165) is 55.5 Å². The Labute approximate surface area is 175 Å². The van der Waals surface area contributed by atoms with E-state index in [0.29, 0.717) is 29.9 Å². The molecule has 3 heterocycles. The molecule has 8 heteroatoms. The lowest BCUT2D eigenvalue weighted by atomic mass is 9.82. The van der Waals surface area contributed by atoms with Gasteiger partial charge in [0.25, 0.3) is 5.91 Å². The van der Waals surface area contributed by atoms with Crippen LogP contribution in [0.3, 0.4) is 0 Å². The highest BCUT2D eigenvalue weighted by molar-refractivity contribution is 5.92. The summed E-state index contributed by atoms with van der Waals surface area (Å²) in [6.45, 7) is 4.65. The van der Waals surface area contributed by atoms with Gasteiger partial charge in [0.2, 0.25) is 11.8 Å². The molecule has 8 nitrogen and oxygen atoms in total. The highest BCUT2D eigenvalue weighted by Gasteiger charge is 2.27.